The van der Waals surface area contributed by atoms with Gasteiger partial charge in [0, 0.05) is 30.9 Å². The van der Waals surface area contributed by atoms with Crippen LogP contribution in [-0.4, -0.2) is 46.0 Å². The molecular formula is C22H25N9O. The Kier molecular flexibility index (Phi) is 6.11. The van der Waals surface area contributed by atoms with Gasteiger partial charge < -0.3 is 27.4 Å². The highest BCUT2D eigenvalue weighted by atomic mass is 16.1. The van der Waals surface area contributed by atoms with Crippen molar-refractivity contribution in [2.45, 2.75) is 12.8 Å². The zero-order valence-electron chi connectivity index (χ0n) is 17.7. The molecule has 0 saturated heterocycles. The number of pyridine rings is 1. The minimum Gasteiger partial charge on any atom is -0.384 e. The zero-order valence-corrected chi connectivity index (χ0v) is 17.7. The van der Waals surface area contributed by atoms with Crippen molar-refractivity contribution in [2.24, 2.45) is 0 Å². The number of nitrogen functional groups attached to an aromatic ring is 2. The Bertz CT molecular complexity index is 1250. The normalized spacial score (nSPS) is 10.9. The second kappa shape index (κ2) is 9.29. The summed E-state index contributed by atoms with van der Waals surface area (Å²) < 4.78 is 0. The molecule has 10 heteroatoms. The van der Waals surface area contributed by atoms with Gasteiger partial charge >= 0.3 is 0 Å². The van der Waals surface area contributed by atoms with Gasteiger partial charge in [-0.15, -0.1) is 0 Å². The molecule has 0 aliphatic rings. The summed E-state index contributed by atoms with van der Waals surface area (Å²) in [5.41, 5.74) is 14.2. The van der Waals surface area contributed by atoms with Gasteiger partial charge in [-0.1, -0.05) is 30.3 Å². The fraction of sp³-hybridized carbons (Fsp3) is 0.227. The van der Waals surface area contributed by atoms with Gasteiger partial charge in [-0.05, 0) is 25.0 Å². The number of nitrogens with zero attached hydrogens (tertiary/aromatic N) is 4. The van der Waals surface area contributed by atoms with Crippen molar-refractivity contribution in [1.29, 1.82) is 0 Å². The minimum absolute atomic E-state index is 0.0919. The number of fused-ring (bicyclic) bond motifs is 2. The Morgan fingerprint density at radius 2 is 1.53 bits per heavy atom. The third-order valence-corrected chi connectivity index (χ3v) is 5.04. The van der Waals surface area contributed by atoms with E-state index in [4.69, 9.17) is 16.5 Å². The highest BCUT2D eigenvalue weighted by Gasteiger charge is 2.15. The molecule has 1 amide bonds. The van der Waals surface area contributed by atoms with E-state index in [0.717, 1.165) is 41.4 Å². The van der Waals surface area contributed by atoms with Crippen LogP contribution in [0.5, 0.6) is 0 Å². The van der Waals surface area contributed by atoms with Gasteiger partial charge in [0.1, 0.15) is 0 Å². The maximum Gasteiger partial charge on any atom is 0.253 e. The lowest BCUT2D eigenvalue weighted by atomic mass is 10.0. The number of hydrogen-bond acceptors (Lipinski definition) is 9. The van der Waals surface area contributed by atoms with Crippen LogP contribution in [0.2, 0.25) is 0 Å². The van der Waals surface area contributed by atoms with Gasteiger partial charge in [0.2, 0.25) is 17.8 Å². The smallest absolute Gasteiger partial charge is 0.253 e. The molecule has 4 rings (SSSR count). The molecule has 2 aromatic carbocycles. The summed E-state index contributed by atoms with van der Waals surface area (Å²) in [6, 6.07) is 13.6. The van der Waals surface area contributed by atoms with Crippen molar-refractivity contribution in [2.75, 3.05) is 42.2 Å². The van der Waals surface area contributed by atoms with Gasteiger partial charge in [-0.2, -0.15) is 15.0 Å². The highest BCUT2D eigenvalue weighted by Crippen LogP contribution is 2.32. The molecular weight excluding hydrogens is 406 g/mol. The topological polar surface area (TPSA) is 157 Å². The van der Waals surface area contributed by atoms with Gasteiger partial charge in [0.05, 0.1) is 22.3 Å². The molecule has 0 unspecified atom stereocenters. The first-order chi connectivity index (χ1) is 15.6. The van der Waals surface area contributed by atoms with E-state index in [1.165, 1.54) is 0 Å². The number of nitrogens with one attached hydrogen (secondary N) is 3. The summed E-state index contributed by atoms with van der Waals surface area (Å²) in [6.45, 7) is 1.42. The summed E-state index contributed by atoms with van der Waals surface area (Å²) in [5, 5.41) is 11.3. The van der Waals surface area contributed by atoms with Crippen LogP contribution in [0, 0.1) is 0 Å². The molecule has 32 heavy (non-hydrogen) atoms. The number of aromatic nitrogens is 4. The first kappa shape index (κ1) is 21.0. The average molecular weight is 432 g/mol. The number of hydrogen-bond donors (Lipinski definition) is 5. The van der Waals surface area contributed by atoms with Crippen LogP contribution >= 0.6 is 0 Å². The summed E-state index contributed by atoms with van der Waals surface area (Å²) in [6.07, 6.45) is 1.78. The summed E-state index contributed by atoms with van der Waals surface area (Å²) in [4.78, 5) is 28.9. The quantitative estimate of drug-likeness (QED) is 0.209. The molecule has 0 radical (unpaired) electrons. The summed E-state index contributed by atoms with van der Waals surface area (Å²) >= 11 is 0. The van der Waals surface area contributed by atoms with Crippen molar-refractivity contribution in [1.82, 2.24) is 25.3 Å². The Labute approximate surface area is 184 Å². The molecule has 0 saturated carbocycles. The number of para-hydroxylation sites is 2. The van der Waals surface area contributed by atoms with Crippen molar-refractivity contribution >= 4 is 51.2 Å². The summed E-state index contributed by atoms with van der Waals surface area (Å²) in [5.74, 6) is 0.397. The zero-order chi connectivity index (χ0) is 22.5. The Hall–Kier alpha value is -4.21. The number of amides is 1. The van der Waals surface area contributed by atoms with E-state index in [1.54, 1.807) is 13.1 Å². The maximum absolute atomic E-state index is 12.4. The van der Waals surface area contributed by atoms with Gasteiger partial charge in [0.15, 0.2) is 0 Å². The second-order valence-corrected chi connectivity index (χ2v) is 7.22. The number of anilines is 4. The third kappa shape index (κ3) is 4.43. The molecule has 10 nitrogen and oxygen atoms in total. The standard InChI is InChI=1S/C22H25N9O/c1-25-19(32)15-9-6-8-14-17(13-7-2-3-10-16(13)28-18(14)15)26-11-4-5-12-27-22-30-20(23)29-21(24)31-22/h2-3,6-10H,4-5,11-12H2,1H3,(H,25,32)(H,26,28)(H5,23,24,27,29,30,31). The molecule has 0 aliphatic carbocycles. The Morgan fingerprint density at radius 3 is 2.28 bits per heavy atom. The molecule has 7 N–H and O–H groups in total. The van der Waals surface area contributed by atoms with E-state index < -0.39 is 0 Å². The first-order valence-electron chi connectivity index (χ1n) is 10.3. The number of rotatable bonds is 8. The lowest BCUT2D eigenvalue weighted by molar-refractivity contribution is 0.0964. The van der Waals surface area contributed by atoms with Crippen molar-refractivity contribution in [3.05, 3.63) is 48.0 Å². The molecule has 164 valence electrons. The van der Waals surface area contributed by atoms with E-state index in [1.807, 2.05) is 36.4 Å². The summed E-state index contributed by atoms with van der Waals surface area (Å²) in [7, 11) is 1.62. The number of carbonyl (C=O) groups excluding carboxylic acids is 1. The predicted molar refractivity (Wildman–Crippen MR) is 128 cm³/mol. The lowest BCUT2D eigenvalue weighted by Crippen LogP contribution is -2.18. The number of carbonyl (C=O) groups is 1. The van der Waals surface area contributed by atoms with Crippen LogP contribution in [0.25, 0.3) is 21.8 Å². The molecule has 2 aromatic heterocycles. The number of benzene rings is 2. The van der Waals surface area contributed by atoms with E-state index in [9.17, 15) is 4.79 Å². The van der Waals surface area contributed by atoms with Gasteiger partial charge in [-0.25, -0.2) is 4.98 Å². The first-order valence-corrected chi connectivity index (χ1v) is 10.3. The molecule has 0 spiro atoms. The number of unbranched alkanes of at least 4 members (excludes halogenated alkanes) is 1. The van der Waals surface area contributed by atoms with E-state index >= 15 is 0 Å². The van der Waals surface area contributed by atoms with Crippen LogP contribution in [0.1, 0.15) is 23.2 Å². The van der Waals surface area contributed by atoms with Gasteiger partial charge in [-0.3, -0.25) is 4.79 Å². The van der Waals surface area contributed by atoms with Crippen molar-refractivity contribution < 1.29 is 4.79 Å². The van der Waals surface area contributed by atoms with E-state index in [2.05, 4.69) is 30.9 Å². The van der Waals surface area contributed by atoms with Crippen molar-refractivity contribution in [3.8, 4) is 0 Å². The second-order valence-electron chi connectivity index (χ2n) is 7.22. The number of nitrogens with two attached hydrogens (primary N) is 2. The Morgan fingerprint density at radius 1 is 0.844 bits per heavy atom. The minimum atomic E-state index is -0.157. The van der Waals surface area contributed by atoms with Crippen molar-refractivity contribution in [3.63, 3.8) is 0 Å². The van der Waals surface area contributed by atoms with E-state index in [0.29, 0.717) is 23.6 Å². The van der Waals surface area contributed by atoms with Crippen LogP contribution in [0.3, 0.4) is 0 Å². The van der Waals surface area contributed by atoms with Crippen LogP contribution in [-0.2, 0) is 0 Å². The molecule has 0 bridgehead atoms. The molecule has 0 aliphatic heterocycles. The Balaban J connectivity index is 1.48. The maximum atomic E-state index is 12.4. The fourth-order valence-electron chi connectivity index (χ4n) is 3.57. The fourth-order valence-corrected chi connectivity index (χ4v) is 3.57. The van der Waals surface area contributed by atoms with Crippen LogP contribution < -0.4 is 27.4 Å². The lowest BCUT2D eigenvalue weighted by Gasteiger charge is -2.15. The average Bonchev–Trinajstić information content (AvgIpc) is 2.79. The predicted octanol–water partition coefficient (Wildman–Crippen LogP) is 2.40. The van der Waals surface area contributed by atoms with Gasteiger partial charge in [0.25, 0.3) is 5.91 Å². The van der Waals surface area contributed by atoms with E-state index in [-0.39, 0.29) is 17.8 Å². The third-order valence-electron chi connectivity index (χ3n) is 5.04. The van der Waals surface area contributed by atoms with Crippen LogP contribution in [0.4, 0.5) is 23.5 Å². The molecule has 2 heterocycles. The van der Waals surface area contributed by atoms with Crippen LogP contribution in [0.15, 0.2) is 42.5 Å². The monoisotopic (exact) mass is 431 g/mol. The SMILES string of the molecule is CNC(=O)c1cccc2c(NCCCCNc3nc(N)nc(N)n3)c3ccccc3nc12. The molecule has 0 atom stereocenters. The highest BCUT2D eigenvalue weighted by molar-refractivity contribution is 6.14. The molecule has 0 fully saturated rings. The largest absolute Gasteiger partial charge is 0.384 e. The molecule has 4 aromatic rings.